The maximum Gasteiger partial charge on any atom is 0.326 e. The smallest absolute Gasteiger partial charge is 0.326 e. The highest BCUT2D eigenvalue weighted by Crippen LogP contribution is 2.07. The molecule has 0 aromatic carbocycles. The first-order valence-electron chi connectivity index (χ1n) is 10.9. The molecular formula is C21H41N5O6. The molecule has 0 heterocycles. The molecule has 0 fully saturated rings. The highest BCUT2D eigenvalue weighted by atomic mass is 16.4. The van der Waals surface area contributed by atoms with Crippen molar-refractivity contribution in [2.75, 3.05) is 13.1 Å². The van der Waals surface area contributed by atoms with Crippen molar-refractivity contribution < 1.29 is 29.4 Å². The van der Waals surface area contributed by atoms with Crippen molar-refractivity contribution in [2.24, 2.45) is 11.7 Å². The van der Waals surface area contributed by atoms with E-state index in [1.165, 1.54) is 0 Å². The molecule has 0 spiro atoms. The Kier molecular flexibility index (Phi) is 13.0. The molecule has 32 heavy (non-hydrogen) atoms. The highest BCUT2D eigenvalue weighted by molar-refractivity contribution is 5.87. The second-order valence-electron chi connectivity index (χ2n) is 9.35. The van der Waals surface area contributed by atoms with E-state index < -0.39 is 36.0 Å². The number of amides is 2. The number of aliphatic carboxylic acids is 2. The molecular weight excluding hydrogens is 418 g/mol. The standard InChI is InChI=1S/C21H41N5O6/c1-12(2)13(3)24-14(7-8-17(27)28)19(30)25-15(20(31)32)9-10-23-18(29)16(11-22)26-21(4,5)6/h12-16,24,26H,7-11,22H2,1-6H3,(H,23,29)(H,25,30)(H,27,28)(H,31,32)/t13?,14-,15?,16-/m0/s1. The Hall–Kier alpha value is -2.24. The van der Waals surface area contributed by atoms with Gasteiger partial charge in [-0.15, -0.1) is 0 Å². The van der Waals surface area contributed by atoms with Gasteiger partial charge in [0, 0.05) is 31.1 Å². The van der Waals surface area contributed by atoms with Crippen LogP contribution in [0, 0.1) is 5.92 Å². The number of hydrogen-bond acceptors (Lipinski definition) is 7. The lowest BCUT2D eigenvalue weighted by Crippen LogP contribution is -2.56. The second kappa shape index (κ2) is 14.0. The van der Waals surface area contributed by atoms with Crippen LogP contribution in [0.25, 0.3) is 0 Å². The lowest BCUT2D eigenvalue weighted by Gasteiger charge is -2.27. The molecule has 4 atom stereocenters. The van der Waals surface area contributed by atoms with E-state index >= 15 is 0 Å². The van der Waals surface area contributed by atoms with Crippen LogP contribution < -0.4 is 27.0 Å². The molecule has 0 aliphatic carbocycles. The van der Waals surface area contributed by atoms with Gasteiger partial charge in [0.25, 0.3) is 0 Å². The maximum atomic E-state index is 12.7. The monoisotopic (exact) mass is 459 g/mol. The molecule has 8 N–H and O–H groups in total. The van der Waals surface area contributed by atoms with Gasteiger partial charge in [0.15, 0.2) is 0 Å². The summed E-state index contributed by atoms with van der Waals surface area (Å²) in [6.45, 7) is 11.6. The Labute approximate surface area is 190 Å². The van der Waals surface area contributed by atoms with Gasteiger partial charge in [-0.3, -0.25) is 14.4 Å². The third kappa shape index (κ3) is 12.6. The van der Waals surface area contributed by atoms with Crippen molar-refractivity contribution in [3.8, 4) is 0 Å². The fourth-order valence-electron chi connectivity index (χ4n) is 2.81. The van der Waals surface area contributed by atoms with Gasteiger partial charge in [0.2, 0.25) is 11.8 Å². The SMILES string of the molecule is CC(C)C(C)N[C@@H](CCC(=O)O)C(=O)NC(CCNC(=O)[C@H](CN)NC(C)(C)C)C(=O)O. The van der Waals surface area contributed by atoms with Crippen LogP contribution in [0.5, 0.6) is 0 Å². The normalized spacial score (nSPS) is 15.5. The quantitative estimate of drug-likeness (QED) is 0.172. The number of rotatable bonds is 15. The van der Waals surface area contributed by atoms with E-state index in [2.05, 4.69) is 21.3 Å². The highest BCUT2D eigenvalue weighted by Gasteiger charge is 2.28. The molecule has 0 aromatic rings. The molecule has 0 saturated heterocycles. The molecule has 0 rings (SSSR count). The van der Waals surface area contributed by atoms with Crippen LogP contribution in [0.15, 0.2) is 0 Å². The number of carbonyl (C=O) groups is 4. The zero-order valence-corrected chi connectivity index (χ0v) is 20.0. The van der Waals surface area contributed by atoms with Crippen molar-refractivity contribution in [1.29, 1.82) is 0 Å². The largest absolute Gasteiger partial charge is 0.481 e. The van der Waals surface area contributed by atoms with Crippen LogP contribution in [0.4, 0.5) is 0 Å². The minimum absolute atomic E-state index is 0.0218. The zero-order valence-electron chi connectivity index (χ0n) is 20.0. The Bertz CT molecular complexity index is 635. The molecule has 0 aliphatic heterocycles. The fraction of sp³-hybridized carbons (Fsp3) is 0.810. The molecule has 186 valence electrons. The number of hydrogen-bond donors (Lipinski definition) is 7. The molecule has 0 aromatic heterocycles. The van der Waals surface area contributed by atoms with Gasteiger partial charge in [-0.05, 0) is 46.5 Å². The van der Waals surface area contributed by atoms with Gasteiger partial charge in [-0.25, -0.2) is 4.79 Å². The van der Waals surface area contributed by atoms with E-state index in [9.17, 15) is 24.3 Å². The Balaban J connectivity index is 4.99. The summed E-state index contributed by atoms with van der Waals surface area (Å²) in [4.78, 5) is 47.6. The second-order valence-corrected chi connectivity index (χ2v) is 9.35. The van der Waals surface area contributed by atoms with E-state index in [4.69, 9.17) is 10.8 Å². The molecule has 11 heteroatoms. The van der Waals surface area contributed by atoms with Crippen LogP contribution in [0.3, 0.4) is 0 Å². The van der Waals surface area contributed by atoms with Crippen LogP contribution >= 0.6 is 0 Å². The summed E-state index contributed by atoms with van der Waals surface area (Å²) in [6.07, 6.45) is -0.242. The van der Waals surface area contributed by atoms with Gasteiger partial charge in [0.1, 0.15) is 6.04 Å². The lowest BCUT2D eigenvalue weighted by atomic mass is 10.0. The van der Waals surface area contributed by atoms with Crippen molar-refractivity contribution in [1.82, 2.24) is 21.3 Å². The number of carbonyl (C=O) groups excluding carboxylic acids is 2. The van der Waals surface area contributed by atoms with Crippen LogP contribution in [0.2, 0.25) is 0 Å². The minimum Gasteiger partial charge on any atom is -0.481 e. The summed E-state index contributed by atoms with van der Waals surface area (Å²) in [5.41, 5.74) is 5.32. The molecule has 0 aliphatic rings. The Morgan fingerprint density at radius 2 is 1.50 bits per heavy atom. The lowest BCUT2D eigenvalue weighted by molar-refractivity contribution is -0.143. The Morgan fingerprint density at radius 1 is 0.906 bits per heavy atom. The van der Waals surface area contributed by atoms with Crippen LogP contribution in [0.1, 0.15) is 60.8 Å². The summed E-state index contributed by atoms with van der Waals surface area (Å²) in [6, 6.07) is -2.80. The van der Waals surface area contributed by atoms with Crippen molar-refractivity contribution in [2.45, 2.75) is 90.5 Å². The average Bonchev–Trinajstić information content (AvgIpc) is 2.66. The maximum absolute atomic E-state index is 12.7. The number of carboxylic acid groups (broad SMARTS) is 2. The topological polar surface area (TPSA) is 183 Å². The van der Waals surface area contributed by atoms with E-state index in [0.29, 0.717) is 0 Å². The van der Waals surface area contributed by atoms with Gasteiger partial charge in [-0.2, -0.15) is 0 Å². The zero-order chi connectivity index (χ0) is 25.1. The molecule has 2 amide bonds. The first kappa shape index (κ1) is 29.8. The van der Waals surface area contributed by atoms with Crippen LogP contribution in [-0.2, 0) is 19.2 Å². The van der Waals surface area contributed by atoms with Gasteiger partial charge in [-0.1, -0.05) is 13.8 Å². The fourth-order valence-corrected chi connectivity index (χ4v) is 2.81. The summed E-state index contributed by atoms with van der Waals surface area (Å²) < 4.78 is 0. The molecule has 11 nitrogen and oxygen atoms in total. The third-order valence-corrected chi connectivity index (χ3v) is 4.93. The van der Waals surface area contributed by atoms with Gasteiger partial charge < -0.3 is 37.2 Å². The summed E-state index contributed by atoms with van der Waals surface area (Å²) >= 11 is 0. The van der Waals surface area contributed by atoms with Crippen LogP contribution in [-0.4, -0.2) is 76.8 Å². The van der Waals surface area contributed by atoms with Crippen molar-refractivity contribution >= 4 is 23.8 Å². The molecule has 2 unspecified atom stereocenters. The average molecular weight is 460 g/mol. The predicted octanol–water partition coefficient (Wildman–Crippen LogP) is -0.355. The first-order chi connectivity index (χ1) is 14.7. The summed E-state index contributed by atoms with van der Waals surface area (Å²) in [7, 11) is 0. The summed E-state index contributed by atoms with van der Waals surface area (Å²) in [5.74, 6) is -3.04. The first-order valence-corrected chi connectivity index (χ1v) is 10.9. The summed E-state index contributed by atoms with van der Waals surface area (Å²) in [5, 5.41) is 29.7. The number of nitrogens with two attached hydrogens (primary N) is 1. The number of carboxylic acids is 2. The molecule has 0 radical (unpaired) electrons. The Morgan fingerprint density at radius 3 is 1.94 bits per heavy atom. The predicted molar refractivity (Wildman–Crippen MR) is 121 cm³/mol. The van der Waals surface area contributed by atoms with E-state index in [1.807, 2.05) is 41.5 Å². The van der Waals surface area contributed by atoms with Crippen molar-refractivity contribution in [3.05, 3.63) is 0 Å². The third-order valence-electron chi connectivity index (χ3n) is 4.93. The van der Waals surface area contributed by atoms with Crippen molar-refractivity contribution in [3.63, 3.8) is 0 Å². The van der Waals surface area contributed by atoms with E-state index in [1.54, 1.807) is 0 Å². The minimum atomic E-state index is -1.25. The van der Waals surface area contributed by atoms with Gasteiger partial charge in [0.05, 0.1) is 12.1 Å². The van der Waals surface area contributed by atoms with E-state index in [-0.39, 0.29) is 55.8 Å². The van der Waals surface area contributed by atoms with E-state index in [0.717, 1.165) is 0 Å². The molecule has 0 saturated carbocycles. The van der Waals surface area contributed by atoms with Gasteiger partial charge >= 0.3 is 11.9 Å². The molecule has 0 bridgehead atoms. The number of nitrogens with one attached hydrogen (secondary N) is 4.